The van der Waals surface area contributed by atoms with E-state index < -0.39 is 0 Å². The van der Waals surface area contributed by atoms with E-state index in [-0.39, 0.29) is 0 Å². The molecule has 1 aliphatic carbocycles. The molecule has 0 aromatic carbocycles. The first-order valence-corrected chi connectivity index (χ1v) is 8.89. The Hall–Kier alpha value is -0.830. The smallest absolute Gasteiger partial charge is 0.112 e. The van der Waals surface area contributed by atoms with Crippen LogP contribution in [0.4, 0.5) is 0 Å². The molecule has 1 aromatic rings. The van der Waals surface area contributed by atoms with Crippen molar-refractivity contribution in [3.63, 3.8) is 0 Å². The van der Waals surface area contributed by atoms with Crippen molar-refractivity contribution < 1.29 is 0 Å². The van der Waals surface area contributed by atoms with Crippen LogP contribution < -0.4 is 5.32 Å². The molecule has 0 radical (unpaired) electrons. The van der Waals surface area contributed by atoms with Gasteiger partial charge in [-0.3, -0.25) is 0 Å². The summed E-state index contributed by atoms with van der Waals surface area (Å²) in [6.45, 7) is 12.5. The lowest BCUT2D eigenvalue weighted by Gasteiger charge is -2.38. The topological polar surface area (TPSA) is 29.9 Å². The van der Waals surface area contributed by atoms with Gasteiger partial charge in [-0.05, 0) is 63.5 Å². The molecule has 21 heavy (non-hydrogen) atoms. The number of rotatable bonds is 7. The summed E-state index contributed by atoms with van der Waals surface area (Å²) in [6.07, 6.45) is 9.39. The van der Waals surface area contributed by atoms with Crippen LogP contribution in [0.2, 0.25) is 0 Å². The van der Waals surface area contributed by atoms with Crippen molar-refractivity contribution in [1.82, 2.24) is 14.9 Å². The predicted octanol–water partition coefficient (Wildman–Crippen LogP) is 4.06. The van der Waals surface area contributed by atoms with Gasteiger partial charge in [0.05, 0.1) is 0 Å². The molecular weight excluding hydrogens is 258 g/mol. The SMILES string of the molecule is CCCNCC1CCC(C(C)C)CC1c1nccn1CC. The van der Waals surface area contributed by atoms with Gasteiger partial charge in [-0.2, -0.15) is 0 Å². The van der Waals surface area contributed by atoms with Gasteiger partial charge in [-0.1, -0.05) is 20.8 Å². The maximum atomic E-state index is 4.72. The Morgan fingerprint density at radius 1 is 1.33 bits per heavy atom. The van der Waals surface area contributed by atoms with E-state index in [4.69, 9.17) is 4.98 Å². The average Bonchev–Trinajstić information content (AvgIpc) is 2.96. The van der Waals surface area contributed by atoms with Gasteiger partial charge >= 0.3 is 0 Å². The fraction of sp³-hybridized carbons (Fsp3) is 0.833. The lowest BCUT2D eigenvalue weighted by atomic mass is 9.70. The van der Waals surface area contributed by atoms with E-state index in [2.05, 4.69) is 43.8 Å². The fourth-order valence-corrected chi connectivity index (χ4v) is 3.81. The summed E-state index contributed by atoms with van der Waals surface area (Å²) in [5, 5.41) is 3.64. The summed E-state index contributed by atoms with van der Waals surface area (Å²) < 4.78 is 2.35. The molecule has 1 fully saturated rings. The molecule has 3 heteroatoms. The maximum absolute atomic E-state index is 4.72. The van der Waals surface area contributed by atoms with Gasteiger partial charge in [0.15, 0.2) is 0 Å². The van der Waals surface area contributed by atoms with Gasteiger partial charge in [-0.25, -0.2) is 4.98 Å². The molecule has 3 atom stereocenters. The van der Waals surface area contributed by atoms with Crippen LogP contribution in [0.25, 0.3) is 0 Å². The quantitative estimate of drug-likeness (QED) is 0.768. The van der Waals surface area contributed by atoms with Gasteiger partial charge in [-0.15, -0.1) is 0 Å². The summed E-state index contributed by atoms with van der Waals surface area (Å²) in [6, 6.07) is 0. The van der Waals surface area contributed by atoms with Crippen molar-refractivity contribution >= 4 is 0 Å². The van der Waals surface area contributed by atoms with Crippen molar-refractivity contribution in [2.75, 3.05) is 13.1 Å². The molecule has 1 saturated carbocycles. The summed E-state index contributed by atoms with van der Waals surface area (Å²) in [4.78, 5) is 4.72. The first-order chi connectivity index (χ1) is 10.2. The van der Waals surface area contributed by atoms with Crippen molar-refractivity contribution in [3.8, 4) is 0 Å². The van der Waals surface area contributed by atoms with Crippen LogP contribution in [0.1, 0.15) is 65.1 Å². The van der Waals surface area contributed by atoms with Crippen LogP contribution in [0.3, 0.4) is 0 Å². The zero-order chi connectivity index (χ0) is 15.2. The summed E-state index contributed by atoms with van der Waals surface area (Å²) in [7, 11) is 0. The molecule has 0 bridgehead atoms. The summed E-state index contributed by atoms with van der Waals surface area (Å²) >= 11 is 0. The first kappa shape index (κ1) is 16.5. The lowest BCUT2D eigenvalue weighted by molar-refractivity contribution is 0.183. The van der Waals surface area contributed by atoms with Crippen LogP contribution in [-0.4, -0.2) is 22.6 Å². The van der Waals surface area contributed by atoms with Crippen molar-refractivity contribution in [3.05, 3.63) is 18.2 Å². The van der Waals surface area contributed by atoms with Crippen molar-refractivity contribution in [2.24, 2.45) is 17.8 Å². The van der Waals surface area contributed by atoms with Gasteiger partial charge in [0.2, 0.25) is 0 Å². The number of hydrogen-bond donors (Lipinski definition) is 1. The van der Waals surface area contributed by atoms with Crippen LogP contribution in [0.15, 0.2) is 12.4 Å². The Balaban J connectivity index is 2.12. The van der Waals surface area contributed by atoms with E-state index in [1.165, 1.54) is 31.5 Å². The van der Waals surface area contributed by atoms with Crippen LogP contribution in [0.5, 0.6) is 0 Å². The molecule has 0 spiro atoms. The van der Waals surface area contributed by atoms with Crippen LogP contribution >= 0.6 is 0 Å². The number of imidazole rings is 1. The maximum Gasteiger partial charge on any atom is 0.112 e. The molecule has 0 saturated heterocycles. The van der Waals surface area contributed by atoms with Crippen LogP contribution in [-0.2, 0) is 6.54 Å². The Morgan fingerprint density at radius 2 is 2.14 bits per heavy atom. The summed E-state index contributed by atoms with van der Waals surface area (Å²) in [5.41, 5.74) is 0. The molecule has 2 rings (SSSR count). The normalized spacial score (nSPS) is 26.4. The van der Waals surface area contributed by atoms with E-state index in [9.17, 15) is 0 Å². The van der Waals surface area contributed by atoms with E-state index in [0.717, 1.165) is 37.4 Å². The van der Waals surface area contributed by atoms with E-state index >= 15 is 0 Å². The minimum absolute atomic E-state index is 0.630. The minimum Gasteiger partial charge on any atom is -0.335 e. The predicted molar refractivity (Wildman–Crippen MR) is 89.5 cm³/mol. The number of aryl methyl sites for hydroxylation is 1. The second-order valence-corrected chi connectivity index (χ2v) is 6.96. The fourth-order valence-electron chi connectivity index (χ4n) is 3.81. The van der Waals surface area contributed by atoms with E-state index in [1.807, 2.05) is 6.20 Å². The molecule has 0 amide bonds. The van der Waals surface area contributed by atoms with Gasteiger partial charge in [0, 0.05) is 24.9 Å². The molecular formula is C18H33N3. The molecule has 1 aromatic heterocycles. The van der Waals surface area contributed by atoms with Crippen molar-refractivity contribution in [1.29, 1.82) is 0 Å². The first-order valence-electron chi connectivity index (χ1n) is 8.89. The monoisotopic (exact) mass is 291 g/mol. The highest BCUT2D eigenvalue weighted by Gasteiger charge is 2.34. The average molecular weight is 291 g/mol. The van der Waals surface area contributed by atoms with Crippen molar-refractivity contribution in [2.45, 2.75) is 65.8 Å². The van der Waals surface area contributed by atoms with Gasteiger partial charge in [0.1, 0.15) is 5.82 Å². The van der Waals surface area contributed by atoms with E-state index in [1.54, 1.807) is 0 Å². The number of hydrogen-bond acceptors (Lipinski definition) is 2. The molecule has 120 valence electrons. The third kappa shape index (κ3) is 4.09. The number of nitrogens with zero attached hydrogens (tertiary/aromatic N) is 2. The molecule has 1 heterocycles. The lowest BCUT2D eigenvalue weighted by Crippen LogP contribution is -2.34. The Kier molecular flexibility index (Phi) is 6.28. The van der Waals surface area contributed by atoms with Gasteiger partial charge < -0.3 is 9.88 Å². The molecule has 1 aliphatic rings. The number of nitrogens with one attached hydrogen (secondary N) is 1. The zero-order valence-corrected chi connectivity index (χ0v) is 14.3. The Morgan fingerprint density at radius 3 is 2.81 bits per heavy atom. The summed E-state index contributed by atoms with van der Waals surface area (Å²) in [5.74, 6) is 4.36. The standard InChI is InChI=1S/C18H33N3/c1-5-9-19-13-16-8-7-15(14(3)4)12-17(16)18-20-10-11-21(18)6-2/h10-11,14-17,19H,5-9,12-13H2,1-4H3. The second kappa shape index (κ2) is 7.98. The highest BCUT2D eigenvalue weighted by atomic mass is 15.1. The highest BCUT2D eigenvalue weighted by Crippen LogP contribution is 2.42. The minimum atomic E-state index is 0.630. The van der Waals surface area contributed by atoms with Gasteiger partial charge in [0.25, 0.3) is 0 Å². The third-order valence-electron chi connectivity index (χ3n) is 5.23. The highest BCUT2D eigenvalue weighted by molar-refractivity contribution is 5.06. The molecule has 3 nitrogen and oxygen atoms in total. The van der Waals surface area contributed by atoms with E-state index in [0.29, 0.717) is 5.92 Å². The largest absolute Gasteiger partial charge is 0.335 e. The van der Waals surface area contributed by atoms with Crippen LogP contribution in [0, 0.1) is 17.8 Å². The second-order valence-electron chi connectivity index (χ2n) is 6.96. The third-order valence-corrected chi connectivity index (χ3v) is 5.23. The zero-order valence-electron chi connectivity index (χ0n) is 14.3. The number of aromatic nitrogens is 2. The molecule has 3 unspecified atom stereocenters. The Bertz CT molecular complexity index is 410. The molecule has 0 aliphatic heterocycles. The molecule has 1 N–H and O–H groups in total. The Labute approximate surface area is 130 Å².